The van der Waals surface area contributed by atoms with Gasteiger partial charge in [0.2, 0.25) is 5.95 Å². The summed E-state index contributed by atoms with van der Waals surface area (Å²) in [6.07, 6.45) is 1.53. The fourth-order valence-electron chi connectivity index (χ4n) is 1.87. The zero-order chi connectivity index (χ0) is 13.4. The maximum atomic E-state index is 14.0. The van der Waals surface area contributed by atoms with E-state index in [0.29, 0.717) is 28.0 Å². The first-order valence-corrected chi connectivity index (χ1v) is 5.49. The van der Waals surface area contributed by atoms with Crippen LogP contribution in [-0.2, 0) is 0 Å². The van der Waals surface area contributed by atoms with E-state index in [1.54, 1.807) is 6.07 Å². The summed E-state index contributed by atoms with van der Waals surface area (Å²) < 4.78 is 19.1. The molecule has 0 amide bonds. The number of hydrogen-bond acceptors (Lipinski definition) is 5. The van der Waals surface area contributed by atoms with E-state index in [4.69, 9.17) is 10.5 Å². The molecule has 7 heteroatoms. The van der Waals surface area contributed by atoms with Crippen LogP contribution in [-0.4, -0.2) is 27.3 Å². The lowest BCUT2D eigenvalue weighted by molar-refractivity contribution is 0.414. The van der Waals surface area contributed by atoms with Crippen molar-refractivity contribution in [1.29, 1.82) is 0 Å². The Bertz CT molecular complexity index is 755. The fourth-order valence-corrected chi connectivity index (χ4v) is 1.87. The van der Waals surface area contributed by atoms with Crippen LogP contribution < -0.4 is 10.5 Å². The van der Waals surface area contributed by atoms with Crippen molar-refractivity contribution in [2.75, 3.05) is 12.8 Å². The summed E-state index contributed by atoms with van der Waals surface area (Å²) in [4.78, 5) is 8.08. The molecule has 3 rings (SSSR count). The number of aromatic amines is 1. The number of H-pyrrole nitrogens is 1. The van der Waals surface area contributed by atoms with Gasteiger partial charge >= 0.3 is 0 Å². The van der Waals surface area contributed by atoms with Gasteiger partial charge in [0.25, 0.3) is 0 Å². The molecule has 2 heterocycles. The maximum absolute atomic E-state index is 14.0. The zero-order valence-electron chi connectivity index (χ0n) is 10.0. The minimum Gasteiger partial charge on any atom is -0.497 e. The average molecular weight is 259 g/mol. The van der Waals surface area contributed by atoms with Gasteiger partial charge in [-0.15, -0.1) is 0 Å². The molecule has 19 heavy (non-hydrogen) atoms. The van der Waals surface area contributed by atoms with Crippen LogP contribution in [0, 0.1) is 5.82 Å². The molecule has 3 N–H and O–H groups in total. The second kappa shape index (κ2) is 4.20. The molecule has 0 fully saturated rings. The third-order valence-corrected chi connectivity index (χ3v) is 2.76. The number of aromatic nitrogens is 4. The van der Waals surface area contributed by atoms with Crippen molar-refractivity contribution < 1.29 is 9.13 Å². The lowest BCUT2D eigenvalue weighted by Gasteiger charge is -2.07. The molecule has 0 unspecified atom stereocenters. The summed E-state index contributed by atoms with van der Waals surface area (Å²) in [5.41, 5.74) is 6.75. The monoisotopic (exact) mass is 259 g/mol. The second-order valence-electron chi connectivity index (χ2n) is 3.91. The second-order valence-corrected chi connectivity index (χ2v) is 3.91. The predicted octanol–water partition coefficient (Wildman–Crippen LogP) is 1.75. The molecule has 0 radical (unpaired) electrons. The molecular formula is C12H10FN5O. The highest BCUT2D eigenvalue weighted by Gasteiger charge is 2.14. The molecule has 96 valence electrons. The largest absolute Gasteiger partial charge is 0.497 e. The molecular weight excluding hydrogens is 249 g/mol. The van der Waals surface area contributed by atoms with Crippen molar-refractivity contribution in [2.45, 2.75) is 0 Å². The molecule has 0 saturated heterocycles. The van der Waals surface area contributed by atoms with E-state index in [-0.39, 0.29) is 5.95 Å². The number of methoxy groups -OCH3 is 1. The number of nitrogens with zero attached hydrogens (tertiary/aromatic N) is 3. The summed E-state index contributed by atoms with van der Waals surface area (Å²) in [5, 5.41) is 7.15. The topological polar surface area (TPSA) is 89.7 Å². The standard InChI is InChI=1S/C12H10FN5O/c1-19-6-2-3-9(13)7(4-6)10-8-5-15-18-11(8)17-12(14)16-10/h2-5H,1H3,(H3,14,15,16,17,18). The van der Waals surface area contributed by atoms with Crippen molar-refractivity contribution in [2.24, 2.45) is 0 Å². The van der Waals surface area contributed by atoms with Gasteiger partial charge in [-0.25, -0.2) is 9.37 Å². The van der Waals surface area contributed by atoms with Crippen LogP contribution in [0.25, 0.3) is 22.3 Å². The third-order valence-electron chi connectivity index (χ3n) is 2.76. The summed E-state index contributed by atoms with van der Waals surface area (Å²) in [6, 6.07) is 4.41. The smallest absolute Gasteiger partial charge is 0.222 e. The van der Waals surface area contributed by atoms with Crippen LogP contribution in [0.1, 0.15) is 0 Å². The van der Waals surface area contributed by atoms with E-state index in [1.807, 2.05) is 0 Å². The van der Waals surface area contributed by atoms with Crippen molar-refractivity contribution in [1.82, 2.24) is 20.2 Å². The number of halogens is 1. The lowest BCUT2D eigenvalue weighted by atomic mass is 10.1. The van der Waals surface area contributed by atoms with E-state index in [9.17, 15) is 4.39 Å². The van der Waals surface area contributed by atoms with Gasteiger partial charge in [0.1, 0.15) is 11.6 Å². The Labute approximate surface area is 107 Å². The average Bonchev–Trinajstić information content (AvgIpc) is 2.86. The Hall–Kier alpha value is -2.70. The first-order valence-electron chi connectivity index (χ1n) is 5.49. The Balaban J connectivity index is 2.32. The quantitative estimate of drug-likeness (QED) is 0.731. The number of fused-ring (bicyclic) bond motifs is 1. The van der Waals surface area contributed by atoms with Crippen molar-refractivity contribution in [3.8, 4) is 17.0 Å². The van der Waals surface area contributed by atoms with Crippen LogP contribution in [0.2, 0.25) is 0 Å². The van der Waals surface area contributed by atoms with Gasteiger partial charge in [-0.05, 0) is 18.2 Å². The van der Waals surface area contributed by atoms with Crippen molar-refractivity contribution >= 4 is 17.0 Å². The van der Waals surface area contributed by atoms with Crippen LogP contribution in [0.3, 0.4) is 0 Å². The van der Waals surface area contributed by atoms with E-state index in [0.717, 1.165) is 0 Å². The van der Waals surface area contributed by atoms with Crippen LogP contribution >= 0.6 is 0 Å². The number of hydrogen-bond donors (Lipinski definition) is 2. The molecule has 0 atom stereocenters. The van der Waals surface area contributed by atoms with E-state index in [2.05, 4.69) is 20.2 Å². The van der Waals surface area contributed by atoms with E-state index in [1.165, 1.54) is 25.4 Å². The SMILES string of the molecule is COc1ccc(F)c(-c2nc(N)nc3[nH]ncc23)c1. The van der Waals surface area contributed by atoms with Gasteiger partial charge < -0.3 is 10.5 Å². The number of rotatable bonds is 2. The zero-order valence-corrected chi connectivity index (χ0v) is 10.0. The van der Waals surface area contributed by atoms with Crippen LogP contribution in [0.4, 0.5) is 10.3 Å². The van der Waals surface area contributed by atoms with Crippen LogP contribution in [0.5, 0.6) is 5.75 Å². The Morgan fingerprint density at radius 3 is 2.95 bits per heavy atom. The summed E-state index contributed by atoms with van der Waals surface area (Å²) in [7, 11) is 1.51. The highest BCUT2D eigenvalue weighted by atomic mass is 19.1. The Morgan fingerprint density at radius 1 is 1.32 bits per heavy atom. The molecule has 1 aromatic carbocycles. The molecule has 6 nitrogen and oxygen atoms in total. The number of benzene rings is 1. The van der Waals surface area contributed by atoms with Crippen LogP contribution in [0.15, 0.2) is 24.4 Å². The number of nitrogens with two attached hydrogens (primary N) is 1. The van der Waals surface area contributed by atoms with E-state index < -0.39 is 5.82 Å². The number of anilines is 1. The first kappa shape index (κ1) is 11.4. The molecule has 0 spiro atoms. The molecule has 0 saturated carbocycles. The Morgan fingerprint density at radius 2 is 2.16 bits per heavy atom. The molecule has 0 aliphatic rings. The summed E-state index contributed by atoms with van der Waals surface area (Å²) in [5.74, 6) is 0.167. The molecule has 2 aromatic heterocycles. The normalized spacial score (nSPS) is 10.8. The number of nitrogen functional groups attached to an aromatic ring is 1. The predicted molar refractivity (Wildman–Crippen MR) is 68.0 cm³/mol. The maximum Gasteiger partial charge on any atom is 0.222 e. The summed E-state index contributed by atoms with van der Waals surface area (Å²) >= 11 is 0. The van der Waals surface area contributed by atoms with Crippen molar-refractivity contribution in [3.05, 3.63) is 30.2 Å². The van der Waals surface area contributed by atoms with E-state index >= 15 is 0 Å². The minimum absolute atomic E-state index is 0.0500. The van der Waals surface area contributed by atoms with Gasteiger partial charge in [0, 0.05) is 5.56 Å². The van der Waals surface area contributed by atoms with Crippen molar-refractivity contribution in [3.63, 3.8) is 0 Å². The van der Waals surface area contributed by atoms with Gasteiger partial charge in [-0.1, -0.05) is 0 Å². The summed E-state index contributed by atoms with van der Waals surface area (Å²) in [6.45, 7) is 0. The highest BCUT2D eigenvalue weighted by Crippen LogP contribution is 2.30. The molecule has 0 bridgehead atoms. The molecule has 3 aromatic rings. The fraction of sp³-hybridized carbons (Fsp3) is 0.0833. The number of ether oxygens (including phenoxy) is 1. The minimum atomic E-state index is -0.415. The van der Waals surface area contributed by atoms with Gasteiger partial charge in [0.05, 0.1) is 24.4 Å². The van der Waals surface area contributed by atoms with Gasteiger partial charge in [-0.3, -0.25) is 5.10 Å². The Kier molecular flexibility index (Phi) is 2.52. The third kappa shape index (κ3) is 1.85. The first-order chi connectivity index (χ1) is 9.19. The van der Waals surface area contributed by atoms with Gasteiger partial charge in [-0.2, -0.15) is 10.1 Å². The number of nitrogens with one attached hydrogen (secondary N) is 1. The lowest BCUT2D eigenvalue weighted by Crippen LogP contribution is -1.99. The molecule has 0 aliphatic heterocycles. The highest BCUT2D eigenvalue weighted by molar-refractivity contribution is 5.90. The molecule has 0 aliphatic carbocycles. The van der Waals surface area contributed by atoms with Gasteiger partial charge in [0.15, 0.2) is 5.65 Å².